The van der Waals surface area contributed by atoms with Gasteiger partial charge in [-0.15, -0.1) is 0 Å². The minimum atomic E-state index is 0.246. The van der Waals surface area contributed by atoms with Gasteiger partial charge in [0.1, 0.15) is 11.0 Å². The van der Waals surface area contributed by atoms with E-state index in [9.17, 15) is 0 Å². The number of imidazole rings is 1. The van der Waals surface area contributed by atoms with Crippen molar-refractivity contribution in [2.24, 2.45) is 7.05 Å². The second kappa shape index (κ2) is 5.87. The quantitative estimate of drug-likeness (QED) is 0.927. The highest BCUT2D eigenvalue weighted by Gasteiger charge is 2.10. The number of hydrogen-bond acceptors (Lipinski definition) is 2. The summed E-state index contributed by atoms with van der Waals surface area (Å²) >= 11 is 9.51. The molecule has 1 atom stereocenters. The van der Waals surface area contributed by atoms with E-state index in [0.29, 0.717) is 11.7 Å². The first-order valence-electron chi connectivity index (χ1n) is 5.73. The molecular weight excluding hydrogens is 314 g/mol. The van der Waals surface area contributed by atoms with Crippen molar-refractivity contribution < 1.29 is 0 Å². The molecule has 0 unspecified atom stereocenters. The third-order valence-corrected chi connectivity index (χ3v) is 4.04. The van der Waals surface area contributed by atoms with Crippen LogP contribution in [0, 0.1) is 0 Å². The van der Waals surface area contributed by atoms with Gasteiger partial charge in [-0.25, -0.2) is 4.98 Å². The highest BCUT2D eigenvalue weighted by molar-refractivity contribution is 9.10. The van der Waals surface area contributed by atoms with Gasteiger partial charge in [-0.05, 0) is 18.6 Å². The molecule has 5 heteroatoms. The van der Waals surface area contributed by atoms with E-state index >= 15 is 0 Å². The van der Waals surface area contributed by atoms with E-state index in [4.69, 9.17) is 11.6 Å². The summed E-state index contributed by atoms with van der Waals surface area (Å²) < 4.78 is 2.99. The van der Waals surface area contributed by atoms with E-state index < -0.39 is 0 Å². The van der Waals surface area contributed by atoms with Crippen molar-refractivity contribution in [2.75, 3.05) is 0 Å². The van der Waals surface area contributed by atoms with Crippen LogP contribution < -0.4 is 5.32 Å². The van der Waals surface area contributed by atoms with Gasteiger partial charge < -0.3 is 9.88 Å². The first-order chi connectivity index (χ1) is 8.59. The van der Waals surface area contributed by atoms with Crippen molar-refractivity contribution in [3.05, 3.63) is 51.5 Å². The third kappa shape index (κ3) is 2.94. The molecule has 0 spiro atoms. The van der Waals surface area contributed by atoms with E-state index in [-0.39, 0.29) is 6.04 Å². The average molecular weight is 329 g/mol. The number of halogens is 2. The lowest BCUT2D eigenvalue weighted by Gasteiger charge is -2.15. The summed E-state index contributed by atoms with van der Waals surface area (Å²) in [6, 6.07) is 8.45. The summed E-state index contributed by atoms with van der Waals surface area (Å²) in [5, 5.41) is 4.09. The van der Waals surface area contributed by atoms with Crippen molar-refractivity contribution in [3.63, 3.8) is 0 Å². The second-order valence-electron chi connectivity index (χ2n) is 4.18. The first kappa shape index (κ1) is 13.6. The van der Waals surface area contributed by atoms with Gasteiger partial charge in [0.05, 0.1) is 12.7 Å². The van der Waals surface area contributed by atoms with Crippen LogP contribution in [0.1, 0.15) is 24.4 Å². The Kier molecular flexibility index (Phi) is 4.43. The van der Waals surface area contributed by atoms with Gasteiger partial charge in [0.15, 0.2) is 0 Å². The number of aromatic nitrogens is 2. The zero-order valence-corrected chi connectivity index (χ0v) is 12.7. The zero-order valence-electron chi connectivity index (χ0n) is 10.3. The van der Waals surface area contributed by atoms with Crippen LogP contribution in [0.5, 0.6) is 0 Å². The molecule has 0 amide bonds. The number of hydrogen-bond donors (Lipinski definition) is 1. The van der Waals surface area contributed by atoms with E-state index in [1.54, 1.807) is 6.20 Å². The molecule has 2 rings (SSSR count). The van der Waals surface area contributed by atoms with E-state index in [2.05, 4.69) is 39.2 Å². The van der Waals surface area contributed by atoms with Crippen LogP contribution in [0.2, 0.25) is 5.15 Å². The predicted molar refractivity (Wildman–Crippen MR) is 77.6 cm³/mol. The highest BCUT2D eigenvalue weighted by Crippen LogP contribution is 2.23. The zero-order chi connectivity index (χ0) is 13.1. The molecular formula is C13H15BrClN3. The van der Waals surface area contributed by atoms with Crippen LogP contribution in [0.15, 0.2) is 34.9 Å². The lowest BCUT2D eigenvalue weighted by atomic mass is 10.1. The largest absolute Gasteiger partial charge is 0.321 e. The summed E-state index contributed by atoms with van der Waals surface area (Å²) in [4.78, 5) is 4.26. The van der Waals surface area contributed by atoms with E-state index in [1.807, 2.05) is 29.8 Å². The molecule has 1 heterocycles. The Morgan fingerprint density at radius 1 is 1.44 bits per heavy atom. The standard InChI is InChI=1S/C13H15BrClN3/c1-9(10-5-3-4-6-11(10)14)16-8-13-17-7-12(15)18(13)2/h3-7,9,16H,8H2,1-2H3/t9-/m0/s1. The summed E-state index contributed by atoms with van der Waals surface area (Å²) in [7, 11) is 1.91. The molecule has 3 nitrogen and oxygen atoms in total. The van der Waals surface area contributed by atoms with Gasteiger partial charge in [-0.1, -0.05) is 45.7 Å². The third-order valence-electron chi connectivity index (χ3n) is 2.97. The van der Waals surface area contributed by atoms with Gasteiger partial charge in [0, 0.05) is 17.6 Å². The second-order valence-corrected chi connectivity index (χ2v) is 5.42. The van der Waals surface area contributed by atoms with Gasteiger partial charge in [-0.2, -0.15) is 0 Å². The fourth-order valence-corrected chi connectivity index (χ4v) is 2.54. The number of nitrogens with zero attached hydrogens (tertiary/aromatic N) is 2. The Labute approximate surface area is 120 Å². The summed E-state index contributed by atoms with van der Waals surface area (Å²) in [6.07, 6.45) is 1.67. The lowest BCUT2D eigenvalue weighted by molar-refractivity contribution is 0.548. The summed E-state index contributed by atoms with van der Waals surface area (Å²) in [5.74, 6) is 0.930. The molecule has 18 heavy (non-hydrogen) atoms. The fraction of sp³-hybridized carbons (Fsp3) is 0.308. The molecule has 0 radical (unpaired) electrons. The van der Waals surface area contributed by atoms with Crippen LogP contribution in [-0.2, 0) is 13.6 Å². The maximum atomic E-state index is 5.95. The first-order valence-corrected chi connectivity index (χ1v) is 6.90. The van der Waals surface area contributed by atoms with Gasteiger partial charge in [0.25, 0.3) is 0 Å². The topological polar surface area (TPSA) is 29.9 Å². The van der Waals surface area contributed by atoms with E-state index in [0.717, 1.165) is 10.3 Å². The highest BCUT2D eigenvalue weighted by atomic mass is 79.9. The molecule has 0 aliphatic rings. The summed E-state index contributed by atoms with van der Waals surface area (Å²) in [6.45, 7) is 2.82. The SMILES string of the molecule is C[C@H](NCc1ncc(Cl)n1C)c1ccccc1Br. The lowest BCUT2D eigenvalue weighted by Crippen LogP contribution is -2.20. The molecule has 0 bridgehead atoms. The normalized spacial score (nSPS) is 12.7. The minimum absolute atomic E-state index is 0.246. The number of rotatable bonds is 4. The molecule has 96 valence electrons. The Balaban J connectivity index is 2.03. The molecule has 1 aromatic carbocycles. The van der Waals surface area contributed by atoms with Crippen LogP contribution in [-0.4, -0.2) is 9.55 Å². The molecule has 0 fully saturated rings. The van der Waals surface area contributed by atoms with Crippen LogP contribution >= 0.6 is 27.5 Å². The Morgan fingerprint density at radius 2 is 2.17 bits per heavy atom. The van der Waals surface area contributed by atoms with Crippen molar-refractivity contribution in [3.8, 4) is 0 Å². The van der Waals surface area contributed by atoms with Crippen LogP contribution in [0.4, 0.5) is 0 Å². The summed E-state index contributed by atoms with van der Waals surface area (Å²) in [5.41, 5.74) is 1.23. The van der Waals surface area contributed by atoms with Crippen molar-refractivity contribution in [2.45, 2.75) is 19.5 Å². The van der Waals surface area contributed by atoms with Gasteiger partial charge >= 0.3 is 0 Å². The number of benzene rings is 1. The fourth-order valence-electron chi connectivity index (χ4n) is 1.77. The minimum Gasteiger partial charge on any atom is -0.321 e. The number of nitrogens with one attached hydrogen (secondary N) is 1. The molecule has 1 N–H and O–H groups in total. The predicted octanol–water partition coefficient (Wildman–Crippen LogP) is 3.69. The van der Waals surface area contributed by atoms with Gasteiger partial charge in [0.2, 0.25) is 0 Å². The van der Waals surface area contributed by atoms with Crippen LogP contribution in [0.25, 0.3) is 0 Å². The Hall–Kier alpha value is -0.840. The van der Waals surface area contributed by atoms with Crippen LogP contribution in [0.3, 0.4) is 0 Å². The smallest absolute Gasteiger partial charge is 0.128 e. The molecule has 0 aliphatic carbocycles. The molecule has 1 aromatic heterocycles. The van der Waals surface area contributed by atoms with Crippen molar-refractivity contribution in [1.82, 2.24) is 14.9 Å². The van der Waals surface area contributed by atoms with Gasteiger partial charge in [-0.3, -0.25) is 0 Å². The molecule has 0 saturated carbocycles. The maximum Gasteiger partial charge on any atom is 0.128 e. The van der Waals surface area contributed by atoms with Crippen molar-refractivity contribution >= 4 is 27.5 Å². The van der Waals surface area contributed by atoms with Crippen molar-refractivity contribution in [1.29, 1.82) is 0 Å². The van der Waals surface area contributed by atoms with E-state index in [1.165, 1.54) is 5.56 Å². The maximum absolute atomic E-state index is 5.95. The average Bonchev–Trinajstić information content (AvgIpc) is 2.68. The Morgan fingerprint density at radius 3 is 2.78 bits per heavy atom. The molecule has 0 saturated heterocycles. The monoisotopic (exact) mass is 327 g/mol. The molecule has 2 aromatic rings. The Bertz CT molecular complexity index is 539. The molecule has 0 aliphatic heterocycles.